The second-order valence-electron chi connectivity index (χ2n) is 7.18. The highest BCUT2D eigenvalue weighted by atomic mass is 79.9. The van der Waals surface area contributed by atoms with Crippen molar-refractivity contribution in [2.45, 2.75) is 31.8 Å². The average molecular weight is 443 g/mol. The number of hydrogen-bond donors (Lipinski definition) is 0. The maximum atomic E-state index is 5.46. The fraction of sp³-hybridized carbons (Fsp3) is 0.400. The van der Waals surface area contributed by atoms with Crippen molar-refractivity contribution in [3.8, 4) is 0 Å². The van der Waals surface area contributed by atoms with Crippen LogP contribution in [0.2, 0.25) is 0 Å². The van der Waals surface area contributed by atoms with E-state index in [0.29, 0.717) is 30.7 Å². The number of anilines is 1. The van der Waals surface area contributed by atoms with E-state index in [4.69, 9.17) is 4.52 Å². The van der Waals surface area contributed by atoms with Crippen LogP contribution in [0, 0.1) is 0 Å². The molecule has 0 saturated carbocycles. The van der Waals surface area contributed by atoms with Gasteiger partial charge >= 0.3 is 0 Å². The number of halogens is 1. The Morgan fingerprint density at radius 2 is 2.21 bits per heavy atom. The lowest BCUT2D eigenvalue weighted by Gasteiger charge is -2.28. The van der Waals surface area contributed by atoms with Crippen LogP contribution < -0.4 is 4.90 Å². The van der Waals surface area contributed by atoms with Gasteiger partial charge in [-0.15, -0.1) is 5.10 Å². The van der Waals surface area contributed by atoms with Gasteiger partial charge in [-0.2, -0.15) is 10.1 Å². The molecule has 28 heavy (non-hydrogen) atoms. The van der Waals surface area contributed by atoms with Gasteiger partial charge in [0.2, 0.25) is 5.89 Å². The predicted octanol–water partition coefficient (Wildman–Crippen LogP) is 3.31. The second-order valence-corrected chi connectivity index (χ2v) is 8.09. The molecule has 3 aromatic rings. The van der Waals surface area contributed by atoms with Gasteiger partial charge in [0.15, 0.2) is 11.6 Å². The van der Waals surface area contributed by atoms with Gasteiger partial charge in [-0.1, -0.05) is 33.2 Å². The molecule has 1 aromatic carbocycles. The van der Waals surface area contributed by atoms with Crippen LogP contribution in [0.3, 0.4) is 0 Å². The molecule has 146 valence electrons. The summed E-state index contributed by atoms with van der Waals surface area (Å²) in [6.45, 7) is 2.57. The third-order valence-corrected chi connectivity index (χ3v) is 5.41. The van der Waals surface area contributed by atoms with E-state index in [2.05, 4.69) is 65.2 Å². The molecule has 0 radical (unpaired) electrons. The van der Waals surface area contributed by atoms with Gasteiger partial charge in [-0.25, -0.2) is 0 Å². The zero-order chi connectivity index (χ0) is 19.3. The van der Waals surface area contributed by atoms with Crippen molar-refractivity contribution in [3.63, 3.8) is 0 Å². The molecule has 1 saturated heterocycles. The molecule has 2 aromatic heterocycles. The van der Waals surface area contributed by atoms with E-state index in [0.717, 1.165) is 35.4 Å². The molecule has 1 aliphatic heterocycles. The average Bonchev–Trinajstić information content (AvgIpc) is 3.32. The number of likely N-dealkylation sites (N-methyl/N-ethyl adjacent to an activating group) is 1. The van der Waals surface area contributed by atoms with Gasteiger partial charge in [-0.05, 0) is 49.7 Å². The summed E-state index contributed by atoms with van der Waals surface area (Å²) in [6, 6.07) is 12.5. The van der Waals surface area contributed by atoms with Crippen molar-refractivity contribution < 1.29 is 4.52 Å². The highest BCUT2D eigenvalue weighted by Gasteiger charge is 2.27. The van der Waals surface area contributed by atoms with E-state index < -0.39 is 0 Å². The molecule has 1 fully saturated rings. The molecule has 7 nitrogen and oxygen atoms in total. The second kappa shape index (κ2) is 8.79. The van der Waals surface area contributed by atoms with Crippen molar-refractivity contribution >= 4 is 21.7 Å². The lowest BCUT2D eigenvalue weighted by molar-refractivity contribution is 0.253. The number of rotatable bonds is 7. The minimum Gasteiger partial charge on any atom is -0.351 e. The van der Waals surface area contributed by atoms with E-state index in [1.165, 1.54) is 6.42 Å². The van der Waals surface area contributed by atoms with Gasteiger partial charge in [0.05, 0.1) is 6.54 Å². The highest BCUT2D eigenvalue weighted by Crippen LogP contribution is 2.24. The van der Waals surface area contributed by atoms with E-state index in [1.807, 2.05) is 24.3 Å². The van der Waals surface area contributed by atoms with Crippen molar-refractivity contribution in [1.29, 1.82) is 0 Å². The number of hydrogen-bond acceptors (Lipinski definition) is 7. The summed E-state index contributed by atoms with van der Waals surface area (Å²) < 4.78 is 6.52. The Morgan fingerprint density at radius 3 is 3.04 bits per heavy atom. The Bertz CT molecular complexity index is 902. The Hall–Kier alpha value is -2.32. The summed E-state index contributed by atoms with van der Waals surface area (Å²) in [5.74, 6) is 2.31. The summed E-state index contributed by atoms with van der Waals surface area (Å²) in [6.07, 6.45) is 4.70. The molecular formula is C20H23BrN6O. The lowest BCUT2D eigenvalue weighted by atomic mass is 10.1. The van der Waals surface area contributed by atoms with Gasteiger partial charge < -0.3 is 9.42 Å². The van der Waals surface area contributed by atoms with Crippen molar-refractivity contribution in [1.82, 2.24) is 25.2 Å². The minimum absolute atomic E-state index is 0.422. The normalized spacial score (nSPS) is 16.8. The van der Waals surface area contributed by atoms with E-state index in [-0.39, 0.29) is 0 Å². The van der Waals surface area contributed by atoms with Crippen molar-refractivity contribution in [3.05, 3.63) is 64.3 Å². The Kier molecular flexibility index (Phi) is 5.97. The van der Waals surface area contributed by atoms with Crippen LogP contribution in [0.4, 0.5) is 5.82 Å². The summed E-state index contributed by atoms with van der Waals surface area (Å²) in [5.41, 5.74) is 1.15. The maximum absolute atomic E-state index is 5.46. The summed E-state index contributed by atoms with van der Waals surface area (Å²) in [7, 11) is 2.09. The molecule has 8 heteroatoms. The fourth-order valence-electron chi connectivity index (χ4n) is 3.68. The van der Waals surface area contributed by atoms with E-state index in [9.17, 15) is 0 Å². The maximum Gasteiger partial charge on any atom is 0.240 e. The van der Waals surface area contributed by atoms with Crippen LogP contribution in [-0.4, -0.2) is 51.4 Å². The third kappa shape index (κ3) is 4.74. The lowest BCUT2D eigenvalue weighted by Crippen LogP contribution is -2.39. The quantitative estimate of drug-likeness (QED) is 0.555. The van der Waals surface area contributed by atoms with Gasteiger partial charge in [-0.3, -0.25) is 4.90 Å². The zero-order valence-electron chi connectivity index (χ0n) is 15.8. The molecule has 4 rings (SSSR count). The Balaban J connectivity index is 1.34. The molecule has 1 aliphatic rings. The standard InChI is InChI=1S/C20H23BrN6O/c1-26(13-17-7-4-10-27(17)19-8-3-9-22-24-19)14-20-23-18(25-28-20)12-15-5-2-6-16(21)11-15/h2-3,5-6,8-9,11,17H,4,7,10,12-14H2,1H3. The summed E-state index contributed by atoms with van der Waals surface area (Å²) in [4.78, 5) is 9.13. The third-order valence-electron chi connectivity index (χ3n) is 4.92. The molecule has 0 N–H and O–H groups in total. The first kappa shape index (κ1) is 19.0. The molecule has 1 unspecified atom stereocenters. The van der Waals surface area contributed by atoms with Gasteiger partial charge in [0, 0.05) is 36.2 Å². The van der Waals surface area contributed by atoms with Crippen LogP contribution in [0.5, 0.6) is 0 Å². The first-order chi connectivity index (χ1) is 13.7. The molecule has 0 amide bonds. The Labute approximate surface area is 172 Å². The van der Waals surface area contributed by atoms with Crippen LogP contribution in [-0.2, 0) is 13.0 Å². The molecule has 0 spiro atoms. The van der Waals surface area contributed by atoms with E-state index in [1.54, 1.807) is 6.20 Å². The predicted molar refractivity (Wildman–Crippen MR) is 110 cm³/mol. The number of aromatic nitrogens is 4. The zero-order valence-corrected chi connectivity index (χ0v) is 17.4. The van der Waals surface area contributed by atoms with Gasteiger partial charge in [0.25, 0.3) is 0 Å². The molecule has 3 heterocycles. The Morgan fingerprint density at radius 1 is 1.29 bits per heavy atom. The topological polar surface area (TPSA) is 71.2 Å². The number of benzene rings is 1. The fourth-order valence-corrected chi connectivity index (χ4v) is 4.13. The minimum atomic E-state index is 0.422. The first-order valence-electron chi connectivity index (χ1n) is 9.46. The molecule has 0 bridgehead atoms. The SMILES string of the molecule is CN(Cc1nc(Cc2cccc(Br)c2)no1)CC1CCCN1c1cccnn1. The summed E-state index contributed by atoms with van der Waals surface area (Å²) in [5, 5.41) is 12.4. The van der Waals surface area contributed by atoms with Crippen molar-refractivity contribution in [2.75, 3.05) is 25.0 Å². The van der Waals surface area contributed by atoms with Crippen LogP contribution in [0.15, 0.2) is 51.6 Å². The van der Waals surface area contributed by atoms with Crippen LogP contribution >= 0.6 is 15.9 Å². The van der Waals surface area contributed by atoms with Crippen LogP contribution in [0.1, 0.15) is 30.1 Å². The molecular weight excluding hydrogens is 420 g/mol. The monoisotopic (exact) mass is 442 g/mol. The molecule has 0 aliphatic carbocycles. The number of nitrogens with zero attached hydrogens (tertiary/aromatic N) is 6. The molecule has 1 atom stereocenters. The van der Waals surface area contributed by atoms with Gasteiger partial charge in [0.1, 0.15) is 0 Å². The largest absolute Gasteiger partial charge is 0.351 e. The van der Waals surface area contributed by atoms with E-state index >= 15 is 0 Å². The highest BCUT2D eigenvalue weighted by molar-refractivity contribution is 9.10. The smallest absolute Gasteiger partial charge is 0.240 e. The van der Waals surface area contributed by atoms with Crippen molar-refractivity contribution in [2.24, 2.45) is 0 Å². The van der Waals surface area contributed by atoms with Crippen LogP contribution in [0.25, 0.3) is 0 Å². The first-order valence-corrected chi connectivity index (χ1v) is 10.3. The summed E-state index contributed by atoms with van der Waals surface area (Å²) >= 11 is 3.49.